The van der Waals surface area contributed by atoms with Crippen LogP contribution in [0.25, 0.3) is 11.0 Å². The molecule has 0 aliphatic carbocycles. The van der Waals surface area contributed by atoms with Gasteiger partial charge in [0.2, 0.25) is 0 Å². The molecule has 4 nitrogen and oxygen atoms in total. The van der Waals surface area contributed by atoms with E-state index in [0.29, 0.717) is 16.4 Å². The maximum absolute atomic E-state index is 12.6. The molecule has 1 N–H and O–H groups in total. The molecule has 2 aromatic rings. The average Bonchev–Trinajstić information content (AvgIpc) is 3.07. The van der Waals surface area contributed by atoms with Crippen molar-refractivity contribution < 1.29 is 9.21 Å². The largest absolute Gasteiger partial charge is 0.449 e. The van der Waals surface area contributed by atoms with E-state index in [-0.39, 0.29) is 11.9 Å². The third kappa shape index (κ3) is 2.09. The van der Waals surface area contributed by atoms with Crippen LogP contribution in [0.2, 0.25) is 5.02 Å². The molecule has 5 heteroatoms. The second-order valence-electron chi connectivity index (χ2n) is 5.24. The van der Waals surface area contributed by atoms with Crippen molar-refractivity contribution in [2.45, 2.75) is 19.4 Å². The van der Waals surface area contributed by atoms with Crippen molar-refractivity contribution in [1.82, 2.24) is 10.2 Å². The Bertz CT molecular complexity index is 659. The second kappa shape index (κ2) is 5.11. The topological polar surface area (TPSA) is 45.5 Å². The Morgan fingerprint density at radius 3 is 2.95 bits per heavy atom. The molecule has 2 heterocycles. The average molecular weight is 293 g/mol. The van der Waals surface area contributed by atoms with E-state index >= 15 is 0 Å². The molecule has 1 fully saturated rings. The summed E-state index contributed by atoms with van der Waals surface area (Å²) >= 11 is 6.13. The fraction of sp³-hybridized carbons (Fsp3) is 0.400. The van der Waals surface area contributed by atoms with E-state index in [4.69, 9.17) is 16.0 Å². The van der Waals surface area contributed by atoms with Crippen LogP contribution in [0.1, 0.15) is 22.5 Å². The lowest BCUT2D eigenvalue weighted by atomic mass is 10.1. The number of furan rings is 1. The number of likely N-dealkylation sites (N-methyl/N-ethyl adjacent to an activating group) is 1. The number of carbonyl (C=O) groups is 1. The fourth-order valence-electron chi connectivity index (χ4n) is 2.71. The molecule has 1 aromatic heterocycles. The van der Waals surface area contributed by atoms with Gasteiger partial charge in [-0.25, -0.2) is 0 Å². The number of aryl methyl sites for hydroxylation is 1. The van der Waals surface area contributed by atoms with Crippen LogP contribution in [0.5, 0.6) is 0 Å². The summed E-state index contributed by atoms with van der Waals surface area (Å²) in [5, 5.41) is 4.70. The molecule has 1 amide bonds. The molecular formula is C15H17ClN2O2. The van der Waals surface area contributed by atoms with Crippen molar-refractivity contribution >= 4 is 28.5 Å². The molecule has 1 aliphatic heterocycles. The minimum atomic E-state index is -0.0801. The van der Waals surface area contributed by atoms with Crippen molar-refractivity contribution in [2.24, 2.45) is 0 Å². The first-order valence-electron chi connectivity index (χ1n) is 6.75. The Labute approximate surface area is 122 Å². The maximum atomic E-state index is 12.6. The number of hydrogen-bond donors (Lipinski definition) is 1. The number of rotatable bonds is 2. The Balaban J connectivity index is 1.99. The van der Waals surface area contributed by atoms with Gasteiger partial charge in [0.25, 0.3) is 5.91 Å². The molecular weight excluding hydrogens is 276 g/mol. The Kier molecular flexibility index (Phi) is 3.44. The summed E-state index contributed by atoms with van der Waals surface area (Å²) in [6.45, 7) is 3.69. The zero-order valence-corrected chi connectivity index (χ0v) is 12.3. The number of amides is 1. The molecule has 1 saturated heterocycles. The molecule has 1 atom stereocenters. The van der Waals surface area contributed by atoms with Gasteiger partial charge in [0.05, 0.1) is 5.02 Å². The summed E-state index contributed by atoms with van der Waals surface area (Å²) in [6, 6.07) is 5.79. The third-order valence-corrected chi connectivity index (χ3v) is 4.31. The van der Waals surface area contributed by atoms with E-state index in [1.165, 1.54) is 0 Å². The first-order valence-corrected chi connectivity index (χ1v) is 7.13. The first-order chi connectivity index (χ1) is 9.59. The normalized spacial score (nSPS) is 18.6. The van der Waals surface area contributed by atoms with E-state index in [1.54, 1.807) is 11.0 Å². The summed E-state index contributed by atoms with van der Waals surface area (Å²) in [7, 11) is 1.83. The number of benzene rings is 1. The Morgan fingerprint density at radius 1 is 1.50 bits per heavy atom. The van der Waals surface area contributed by atoms with Gasteiger partial charge < -0.3 is 14.6 Å². The zero-order valence-electron chi connectivity index (χ0n) is 11.6. The predicted molar refractivity (Wildman–Crippen MR) is 79.3 cm³/mol. The van der Waals surface area contributed by atoms with Crippen LogP contribution in [0.3, 0.4) is 0 Å². The van der Waals surface area contributed by atoms with Crippen molar-refractivity contribution in [3.8, 4) is 0 Å². The number of hydrogen-bond acceptors (Lipinski definition) is 3. The quantitative estimate of drug-likeness (QED) is 0.926. The lowest BCUT2D eigenvalue weighted by molar-refractivity contribution is 0.0713. The lowest BCUT2D eigenvalue weighted by Gasteiger charge is -2.22. The number of para-hydroxylation sites is 1. The minimum absolute atomic E-state index is 0.0801. The molecule has 0 saturated carbocycles. The molecule has 0 spiro atoms. The Morgan fingerprint density at radius 2 is 2.30 bits per heavy atom. The van der Waals surface area contributed by atoms with Gasteiger partial charge in [-0.05, 0) is 26.0 Å². The van der Waals surface area contributed by atoms with E-state index in [2.05, 4.69) is 5.32 Å². The highest BCUT2D eigenvalue weighted by atomic mass is 35.5. The SMILES string of the molecule is Cc1c(C(=O)N(C)C2CCNC2)oc2c(Cl)cccc12. The molecule has 0 bridgehead atoms. The van der Waals surface area contributed by atoms with E-state index in [1.807, 2.05) is 26.1 Å². The van der Waals surface area contributed by atoms with Crippen LogP contribution in [0, 0.1) is 6.92 Å². The predicted octanol–water partition coefficient (Wildman–Crippen LogP) is 2.83. The van der Waals surface area contributed by atoms with E-state index in [9.17, 15) is 4.79 Å². The van der Waals surface area contributed by atoms with E-state index < -0.39 is 0 Å². The van der Waals surface area contributed by atoms with Gasteiger partial charge in [-0.2, -0.15) is 0 Å². The standard InChI is InChI=1S/C15H17ClN2O2/c1-9-11-4-3-5-12(16)14(11)20-13(9)15(19)18(2)10-6-7-17-8-10/h3-5,10,17H,6-8H2,1-2H3. The second-order valence-corrected chi connectivity index (χ2v) is 5.64. The van der Waals surface area contributed by atoms with Crippen molar-refractivity contribution in [1.29, 1.82) is 0 Å². The molecule has 3 rings (SSSR count). The first kappa shape index (κ1) is 13.5. The van der Waals surface area contributed by atoms with Gasteiger partial charge in [0.15, 0.2) is 11.3 Å². The van der Waals surface area contributed by atoms with Crippen molar-refractivity contribution in [3.63, 3.8) is 0 Å². The van der Waals surface area contributed by atoms with Gasteiger partial charge in [-0.15, -0.1) is 0 Å². The molecule has 1 unspecified atom stereocenters. The van der Waals surface area contributed by atoms with Crippen LogP contribution in [-0.4, -0.2) is 37.0 Å². The van der Waals surface area contributed by atoms with Gasteiger partial charge in [-0.1, -0.05) is 23.7 Å². The summed E-state index contributed by atoms with van der Waals surface area (Å²) in [6.07, 6.45) is 0.974. The molecule has 20 heavy (non-hydrogen) atoms. The Hall–Kier alpha value is -1.52. The smallest absolute Gasteiger partial charge is 0.289 e. The van der Waals surface area contributed by atoms with Gasteiger partial charge >= 0.3 is 0 Å². The highest BCUT2D eigenvalue weighted by Gasteiger charge is 2.28. The highest BCUT2D eigenvalue weighted by Crippen LogP contribution is 2.31. The fourth-order valence-corrected chi connectivity index (χ4v) is 2.92. The van der Waals surface area contributed by atoms with Crippen LogP contribution in [0.15, 0.2) is 22.6 Å². The van der Waals surface area contributed by atoms with Gasteiger partial charge in [0, 0.05) is 30.6 Å². The monoisotopic (exact) mass is 292 g/mol. The number of nitrogens with one attached hydrogen (secondary N) is 1. The minimum Gasteiger partial charge on any atom is -0.449 e. The number of nitrogens with zero attached hydrogens (tertiary/aromatic N) is 1. The van der Waals surface area contributed by atoms with Crippen LogP contribution >= 0.6 is 11.6 Å². The summed E-state index contributed by atoms with van der Waals surface area (Å²) in [4.78, 5) is 14.4. The summed E-state index contributed by atoms with van der Waals surface area (Å²) in [5.41, 5.74) is 1.44. The van der Waals surface area contributed by atoms with Gasteiger partial charge in [-0.3, -0.25) is 4.79 Å². The maximum Gasteiger partial charge on any atom is 0.289 e. The molecule has 1 aromatic carbocycles. The molecule has 106 valence electrons. The van der Waals surface area contributed by atoms with E-state index in [0.717, 1.165) is 30.5 Å². The highest BCUT2D eigenvalue weighted by molar-refractivity contribution is 6.35. The van der Waals surface area contributed by atoms with Crippen molar-refractivity contribution in [2.75, 3.05) is 20.1 Å². The summed E-state index contributed by atoms with van der Waals surface area (Å²) < 4.78 is 5.73. The zero-order chi connectivity index (χ0) is 14.3. The van der Waals surface area contributed by atoms with Crippen molar-refractivity contribution in [3.05, 3.63) is 34.5 Å². The van der Waals surface area contributed by atoms with Gasteiger partial charge in [0.1, 0.15) is 0 Å². The third-order valence-electron chi connectivity index (χ3n) is 4.01. The molecule has 0 radical (unpaired) electrons. The summed E-state index contributed by atoms with van der Waals surface area (Å²) in [5.74, 6) is 0.311. The van der Waals surface area contributed by atoms with Crippen LogP contribution in [-0.2, 0) is 0 Å². The van der Waals surface area contributed by atoms with Crippen LogP contribution < -0.4 is 5.32 Å². The lowest BCUT2D eigenvalue weighted by Crippen LogP contribution is -2.38. The molecule has 1 aliphatic rings. The van der Waals surface area contributed by atoms with Crippen LogP contribution in [0.4, 0.5) is 0 Å². The number of fused-ring (bicyclic) bond motifs is 1. The number of carbonyl (C=O) groups excluding carboxylic acids is 1. The number of halogens is 1.